The van der Waals surface area contributed by atoms with E-state index in [1.165, 1.54) is 17.8 Å². The number of carboxylic acids is 1. The fourth-order valence-corrected chi connectivity index (χ4v) is 2.04. The van der Waals surface area contributed by atoms with Crippen LogP contribution in [-0.2, 0) is 7.05 Å². The largest absolute Gasteiger partial charge is 0.504 e. The van der Waals surface area contributed by atoms with Crippen LogP contribution in [-0.4, -0.2) is 32.8 Å². The first-order valence-corrected chi connectivity index (χ1v) is 5.58. The second kappa shape index (κ2) is 4.12. The molecule has 0 saturated carbocycles. The third kappa shape index (κ3) is 1.65. The lowest BCUT2D eigenvalue weighted by molar-refractivity contribution is 0.0689. The molecule has 8 heteroatoms. The zero-order valence-electron chi connectivity index (χ0n) is 10.3. The molecule has 0 saturated heterocycles. The molecular weight excluding hydrogens is 271 g/mol. The van der Waals surface area contributed by atoms with Gasteiger partial charge in [0, 0.05) is 13.1 Å². The number of aromatic hydroxyl groups is 1. The molecule has 0 atom stereocenters. The summed E-state index contributed by atoms with van der Waals surface area (Å²) in [6.07, 6.45) is 0. The molecule has 0 bridgehead atoms. The number of phenolic OH excluding ortho intramolecular Hbond substituents is 1. The molecule has 7 nitrogen and oxygen atoms in total. The maximum Gasteiger partial charge on any atom is 0.356 e. The molecule has 0 amide bonds. The van der Waals surface area contributed by atoms with Gasteiger partial charge < -0.3 is 19.7 Å². The molecule has 1 aliphatic rings. The van der Waals surface area contributed by atoms with Crippen molar-refractivity contribution in [2.75, 3.05) is 6.79 Å². The van der Waals surface area contributed by atoms with Gasteiger partial charge >= 0.3 is 5.97 Å². The zero-order chi connectivity index (χ0) is 14.4. The molecule has 20 heavy (non-hydrogen) atoms. The third-order valence-electron chi connectivity index (χ3n) is 2.94. The van der Waals surface area contributed by atoms with Crippen molar-refractivity contribution < 1.29 is 28.9 Å². The van der Waals surface area contributed by atoms with Crippen molar-refractivity contribution in [2.24, 2.45) is 7.05 Å². The Morgan fingerprint density at radius 3 is 2.85 bits per heavy atom. The van der Waals surface area contributed by atoms with Crippen molar-refractivity contribution in [1.82, 2.24) is 9.78 Å². The first kappa shape index (κ1) is 12.3. The van der Waals surface area contributed by atoms with Crippen molar-refractivity contribution in [3.05, 3.63) is 23.6 Å². The predicted molar refractivity (Wildman–Crippen MR) is 63.3 cm³/mol. The second-order valence-corrected chi connectivity index (χ2v) is 4.16. The van der Waals surface area contributed by atoms with E-state index in [0.717, 1.165) is 6.07 Å². The van der Waals surface area contributed by atoms with E-state index in [1.807, 2.05) is 0 Å². The highest BCUT2D eigenvalue weighted by molar-refractivity contribution is 5.88. The van der Waals surface area contributed by atoms with Crippen LogP contribution in [0, 0.1) is 5.82 Å². The quantitative estimate of drug-likeness (QED) is 0.862. The fourth-order valence-electron chi connectivity index (χ4n) is 2.04. The Balaban J connectivity index is 2.27. The van der Waals surface area contributed by atoms with Crippen LogP contribution < -0.4 is 9.47 Å². The standard InChI is InChI=1S/C12H9FN2O5/c1-15-7(3-6(14-15)12(17)18)9-10(16)5(13)2-8-11(9)20-4-19-8/h2-3,16H,4H2,1H3,(H,17,18). The van der Waals surface area contributed by atoms with Gasteiger partial charge in [0.05, 0.1) is 11.3 Å². The number of halogens is 1. The third-order valence-corrected chi connectivity index (χ3v) is 2.94. The average Bonchev–Trinajstić information content (AvgIpc) is 2.98. The first-order valence-electron chi connectivity index (χ1n) is 5.58. The topological polar surface area (TPSA) is 93.8 Å². The van der Waals surface area contributed by atoms with Gasteiger partial charge in [-0.1, -0.05) is 0 Å². The van der Waals surface area contributed by atoms with E-state index >= 15 is 0 Å². The van der Waals surface area contributed by atoms with Crippen LogP contribution in [0.5, 0.6) is 17.2 Å². The number of phenols is 1. The highest BCUT2D eigenvalue weighted by Crippen LogP contribution is 2.47. The summed E-state index contributed by atoms with van der Waals surface area (Å²) in [6, 6.07) is 2.23. The minimum Gasteiger partial charge on any atom is -0.504 e. The number of carboxylic acid groups (broad SMARTS) is 1. The Labute approximate surface area is 111 Å². The Morgan fingerprint density at radius 1 is 1.45 bits per heavy atom. The Morgan fingerprint density at radius 2 is 2.20 bits per heavy atom. The zero-order valence-corrected chi connectivity index (χ0v) is 10.3. The van der Waals surface area contributed by atoms with Crippen molar-refractivity contribution in [3.8, 4) is 28.5 Å². The van der Waals surface area contributed by atoms with E-state index in [0.29, 0.717) is 0 Å². The Kier molecular flexibility index (Phi) is 2.53. The molecule has 1 aromatic heterocycles. The van der Waals surface area contributed by atoms with Gasteiger partial charge in [0.25, 0.3) is 0 Å². The van der Waals surface area contributed by atoms with Crippen LogP contribution in [0.3, 0.4) is 0 Å². The van der Waals surface area contributed by atoms with E-state index in [1.54, 1.807) is 0 Å². The first-order chi connectivity index (χ1) is 9.49. The average molecular weight is 280 g/mol. The van der Waals surface area contributed by atoms with Crippen LogP contribution in [0.25, 0.3) is 11.3 Å². The molecule has 0 spiro atoms. The summed E-state index contributed by atoms with van der Waals surface area (Å²) in [5, 5.41) is 22.6. The van der Waals surface area contributed by atoms with Crippen molar-refractivity contribution in [2.45, 2.75) is 0 Å². The van der Waals surface area contributed by atoms with E-state index in [-0.39, 0.29) is 35.2 Å². The van der Waals surface area contributed by atoms with E-state index in [4.69, 9.17) is 14.6 Å². The molecule has 104 valence electrons. The summed E-state index contributed by atoms with van der Waals surface area (Å²) >= 11 is 0. The number of rotatable bonds is 2. The number of ether oxygens (including phenoxy) is 2. The van der Waals surface area contributed by atoms with E-state index in [9.17, 15) is 14.3 Å². The fraction of sp³-hybridized carbons (Fsp3) is 0.167. The van der Waals surface area contributed by atoms with Crippen LogP contribution in [0.1, 0.15) is 10.5 Å². The minimum atomic E-state index is -1.23. The molecule has 0 radical (unpaired) electrons. The van der Waals surface area contributed by atoms with Gasteiger partial charge in [0.2, 0.25) is 6.79 Å². The maximum atomic E-state index is 13.7. The number of benzene rings is 1. The summed E-state index contributed by atoms with van der Waals surface area (Å²) in [7, 11) is 1.48. The lowest BCUT2D eigenvalue weighted by Gasteiger charge is -2.09. The molecule has 0 unspecified atom stereocenters. The molecule has 2 heterocycles. The number of carbonyl (C=O) groups is 1. The minimum absolute atomic E-state index is 0.0139. The van der Waals surface area contributed by atoms with Crippen LogP contribution in [0.4, 0.5) is 4.39 Å². The van der Waals surface area contributed by atoms with Gasteiger partial charge in [-0.25, -0.2) is 9.18 Å². The number of aryl methyl sites for hydroxylation is 1. The van der Waals surface area contributed by atoms with E-state index < -0.39 is 17.5 Å². The van der Waals surface area contributed by atoms with Gasteiger partial charge in [-0.15, -0.1) is 0 Å². The summed E-state index contributed by atoms with van der Waals surface area (Å²) in [6.45, 7) is -0.102. The highest BCUT2D eigenvalue weighted by Gasteiger charge is 2.28. The molecule has 2 aromatic rings. The van der Waals surface area contributed by atoms with Crippen LogP contribution in [0.2, 0.25) is 0 Å². The lowest BCUT2D eigenvalue weighted by Crippen LogP contribution is -1.99. The second-order valence-electron chi connectivity index (χ2n) is 4.16. The molecule has 3 rings (SSSR count). The van der Waals surface area contributed by atoms with Gasteiger partial charge in [-0.2, -0.15) is 5.10 Å². The molecule has 1 aromatic carbocycles. The van der Waals surface area contributed by atoms with Gasteiger partial charge in [-0.3, -0.25) is 4.68 Å². The maximum absolute atomic E-state index is 13.7. The highest BCUT2D eigenvalue weighted by atomic mass is 19.1. The Hall–Kier alpha value is -2.77. The number of aromatic carboxylic acids is 1. The van der Waals surface area contributed by atoms with Crippen molar-refractivity contribution >= 4 is 5.97 Å². The number of hydrogen-bond donors (Lipinski definition) is 2. The number of nitrogens with zero attached hydrogens (tertiary/aromatic N) is 2. The predicted octanol–water partition coefficient (Wildman–Crippen LogP) is 1.36. The number of hydrogen-bond acceptors (Lipinski definition) is 5. The van der Waals surface area contributed by atoms with Crippen molar-refractivity contribution in [1.29, 1.82) is 0 Å². The van der Waals surface area contributed by atoms with Crippen molar-refractivity contribution in [3.63, 3.8) is 0 Å². The summed E-state index contributed by atoms with van der Waals surface area (Å²) in [5.41, 5.74) is -0.0000217. The lowest BCUT2D eigenvalue weighted by atomic mass is 10.1. The van der Waals surface area contributed by atoms with Gasteiger partial charge in [0.15, 0.2) is 28.8 Å². The van der Waals surface area contributed by atoms with Crippen LogP contribution >= 0.6 is 0 Å². The monoisotopic (exact) mass is 280 g/mol. The summed E-state index contributed by atoms with van der Waals surface area (Å²) < 4.78 is 25.2. The van der Waals surface area contributed by atoms with Gasteiger partial charge in [0.1, 0.15) is 0 Å². The SMILES string of the molecule is Cn1nc(C(=O)O)cc1-c1c(O)c(F)cc2c1OCO2. The molecule has 0 fully saturated rings. The number of aromatic nitrogens is 2. The summed E-state index contributed by atoms with van der Waals surface area (Å²) in [4.78, 5) is 10.9. The molecule has 1 aliphatic heterocycles. The normalized spacial score (nSPS) is 12.7. The molecular formula is C12H9FN2O5. The molecule has 2 N–H and O–H groups in total. The number of fused-ring (bicyclic) bond motifs is 1. The summed E-state index contributed by atoms with van der Waals surface area (Å²) in [5.74, 6) is -2.45. The van der Waals surface area contributed by atoms with Crippen LogP contribution in [0.15, 0.2) is 12.1 Å². The molecule has 0 aliphatic carbocycles. The Bertz CT molecular complexity index is 725. The van der Waals surface area contributed by atoms with Gasteiger partial charge in [-0.05, 0) is 6.07 Å². The van der Waals surface area contributed by atoms with E-state index in [2.05, 4.69) is 5.10 Å². The smallest absolute Gasteiger partial charge is 0.356 e.